The van der Waals surface area contributed by atoms with E-state index < -0.39 is 0 Å². The molecule has 1 aromatic heterocycles. The van der Waals surface area contributed by atoms with Crippen LogP contribution in [0.25, 0.3) is 38.6 Å². The number of carbonyl (C=O) groups excluding carboxylic acids is 2. The molecule has 0 aliphatic carbocycles. The fourth-order valence-corrected chi connectivity index (χ4v) is 6.42. The molecule has 4 heteroatoms. The number of nitrogens with zero attached hydrogens (tertiary/aromatic N) is 2. The number of hydrogen-bond donors (Lipinski definition) is 0. The fraction of sp³-hybridized carbons (Fsp3) is 0.200. The van der Waals surface area contributed by atoms with Gasteiger partial charge in [0.2, 0.25) is 0 Å². The summed E-state index contributed by atoms with van der Waals surface area (Å²) in [5.41, 5.74) is 8.42. The van der Waals surface area contributed by atoms with Crippen LogP contribution in [0.3, 0.4) is 0 Å². The van der Waals surface area contributed by atoms with Crippen LogP contribution in [0.15, 0.2) is 109 Å². The Balaban J connectivity index is 1.47. The molecule has 0 bridgehead atoms. The largest absolute Gasteiger partial charge is 0.308 e. The number of hydrogen-bond acceptors (Lipinski definition) is 2. The molecule has 7 rings (SSSR count). The maximum atomic E-state index is 14.4. The Labute approximate surface area is 258 Å². The highest BCUT2D eigenvalue weighted by molar-refractivity contribution is 6.36. The van der Waals surface area contributed by atoms with E-state index in [2.05, 4.69) is 82.5 Å². The van der Waals surface area contributed by atoms with Crippen LogP contribution in [0.1, 0.15) is 73.4 Å². The summed E-state index contributed by atoms with van der Waals surface area (Å²) in [6.45, 7) is 13.4. The number of amides is 2. The van der Waals surface area contributed by atoms with Gasteiger partial charge in [-0.25, -0.2) is 4.90 Å². The molecule has 44 heavy (non-hydrogen) atoms. The third kappa shape index (κ3) is 4.28. The molecule has 0 saturated carbocycles. The summed E-state index contributed by atoms with van der Waals surface area (Å²) in [5.74, 6) is -0.613. The van der Waals surface area contributed by atoms with E-state index in [-0.39, 0.29) is 22.6 Å². The SMILES string of the molecule is CC(C)(C)c1ccc2c(c1)c1cc(C(C)(C)C)ccc1n2-c1cccc2c1C(=O)N(c1ccccc1-c1ccccc1)C2=O. The quantitative estimate of drug-likeness (QED) is 0.197. The lowest BCUT2D eigenvalue weighted by atomic mass is 9.85. The van der Waals surface area contributed by atoms with E-state index in [1.807, 2.05) is 66.7 Å². The summed E-state index contributed by atoms with van der Waals surface area (Å²) in [7, 11) is 0. The van der Waals surface area contributed by atoms with Gasteiger partial charge >= 0.3 is 0 Å². The van der Waals surface area contributed by atoms with Crippen molar-refractivity contribution in [3.05, 3.63) is 131 Å². The minimum Gasteiger partial charge on any atom is -0.308 e. The first-order chi connectivity index (χ1) is 20.9. The topological polar surface area (TPSA) is 42.3 Å². The lowest BCUT2D eigenvalue weighted by molar-refractivity contribution is 0.0926. The van der Waals surface area contributed by atoms with E-state index in [0.717, 1.165) is 32.9 Å². The Morgan fingerprint density at radius 2 is 1.02 bits per heavy atom. The van der Waals surface area contributed by atoms with E-state index in [1.165, 1.54) is 16.0 Å². The highest BCUT2D eigenvalue weighted by Crippen LogP contribution is 2.42. The van der Waals surface area contributed by atoms with Crippen LogP contribution >= 0.6 is 0 Å². The van der Waals surface area contributed by atoms with Crippen molar-refractivity contribution in [3.8, 4) is 16.8 Å². The average molecular weight is 577 g/mol. The molecule has 218 valence electrons. The lowest BCUT2D eigenvalue weighted by Gasteiger charge is -2.19. The number of anilines is 1. The van der Waals surface area contributed by atoms with Crippen molar-refractivity contribution in [2.45, 2.75) is 52.4 Å². The van der Waals surface area contributed by atoms with E-state index in [1.54, 1.807) is 6.07 Å². The predicted octanol–water partition coefficient (Wildman–Crippen LogP) is 9.85. The van der Waals surface area contributed by atoms with Gasteiger partial charge in [-0.15, -0.1) is 0 Å². The fourth-order valence-electron chi connectivity index (χ4n) is 6.42. The molecule has 1 aliphatic heterocycles. The number of carbonyl (C=O) groups is 2. The zero-order valence-electron chi connectivity index (χ0n) is 26.1. The molecule has 0 spiro atoms. The first-order valence-electron chi connectivity index (χ1n) is 15.2. The highest BCUT2D eigenvalue weighted by Gasteiger charge is 2.40. The summed E-state index contributed by atoms with van der Waals surface area (Å²) in [4.78, 5) is 29.8. The highest BCUT2D eigenvalue weighted by atomic mass is 16.2. The van der Waals surface area contributed by atoms with Gasteiger partial charge in [-0.2, -0.15) is 0 Å². The van der Waals surface area contributed by atoms with Gasteiger partial charge < -0.3 is 4.57 Å². The van der Waals surface area contributed by atoms with E-state index in [4.69, 9.17) is 0 Å². The van der Waals surface area contributed by atoms with Crippen molar-refractivity contribution in [1.82, 2.24) is 4.57 Å². The molecule has 0 unspecified atom stereocenters. The van der Waals surface area contributed by atoms with Gasteiger partial charge in [0, 0.05) is 16.3 Å². The molecular weight excluding hydrogens is 540 g/mol. The first-order valence-corrected chi connectivity index (χ1v) is 15.2. The number of imide groups is 1. The number of benzene rings is 5. The van der Waals surface area contributed by atoms with Crippen LogP contribution < -0.4 is 4.90 Å². The molecule has 5 aromatic carbocycles. The molecule has 4 nitrogen and oxygen atoms in total. The summed E-state index contributed by atoms with van der Waals surface area (Å²) >= 11 is 0. The van der Waals surface area contributed by atoms with Crippen molar-refractivity contribution in [3.63, 3.8) is 0 Å². The molecule has 1 aliphatic rings. The Kier molecular flexibility index (Phi) is 6.19. The average Bonchev–Trinajstić information content (AvgIpc) is 3.46. The van der Waals surface area contributed by atoms with Crippen LogP contribution in [0, 0.1) is 0 Å². The molecule has 0 fully saturated rings. The zero-order chi connectivity index (χ0) is 31.0. The molecule has 6 aromatic rings. The van der Waals surface area contributed by atoms with Crippen LogP contribution in [0.5, 0.6) is 0 Å². The van der Waals surface area contributed by atoms with Gasteiger partial charge in [-0.3, -0.25) is 9.59 Å². The van der Waals surface area contributed by atoms with E-state index in [9.17, 15) is 9.59 Å². The maximum absolute atomic E-state index is 14.4. The van der Waals surface area contributed by atoms with Crippen molar-refractivity contribution in [1.29, 1.82) is 0 Å². The molecule has 0 atom stereocenters. The standard InChI is InChI=1S/C40H36N2O2/c1-39(2,3)26-19-21-33-30(23-26)31-24-27(40(4,5)6)20-22-34(31)41(33)35-18-12-16-29-36(35)38(44)42(37(29)43)32-17-11-10-15-28(32)25-13-8-7-9-14-25/h7-24H,1-6H3. The predicted molar refractivity (Wildman–Crippen MR) is 181 cm³/mol. The van der Waals surface area contributed by atoms with Crippen LogP contribution in [-0.2, 0) is 10.8 Å². The van der Waals surface area contributed by atoms with Crippen LogP contribution in [0.4, 0.5) is 5.69 Å². The zero-order valence-corrected chi connectivity index (χ0v) is 26.1. The van der Waals surface area contributed by atoms with Crippen molar-refractivity contribution in [2.24, 2.45) is 0 Å². The van der Waals surface area contributed by atoms with Crippen LogP contribution in [0.2, 0.25) is 0 Å². The third-order valence-electron chi connectivity index (χ3n) is 8.86. The maximum Gasteiger partial charge on any atom is 0.268 e. The van der Waals surface area contributed by atoms with E-state index in [0.29, 0.717) is 22.5 Å². The smallest absolute Gasteiger partial charge is 0.268 e. The van der Waals surface area contributed by atoms with Gasteiger partial charge in [-0.1, -0.05) is 108 Å². The van der Waals surface area contributed by atoms with Gasteiger partial charge in [0.05, 0.1) is 33.5 Å². The van der Waals surface area contributed by atoms with Gasteiger partial charge in [0.25, 0.3) is 11.8 Å². The molecule has 2 amide bonds. The third-order valence-corrected chi connectivity index (χ3v) is 8.86. The van der Waals surface area contributed by atoms with Crippen molar-refractivity contribution >= 4 is 39.3 Å². The van der Waals surface area contributed by atoms with Crippen LogP contribution in [-0.4, -0.2) is 16.4 Å². The normalized spacial score (nSPS) is 13.7. The number of fused-ring (bicyclic) bond motifs is 4. The second-order valence-corrected chi connectivity index (χ2v) is 13.8. The Hall–Kier alpha value is -4.96. The minimum absolute atomic E-state index is 0.0206. The van der Waals surface area contributed by atoms with Gasteiger partial charge in [0.1, 0.15) is 0 Å². The summed E-state index contributed by atoms with van der Waals surface area (Å²) in [6.07, 6.45) is 0. The number of rotatable bonds is 3. The van der Waals surface area contributed by atoms with E-state index >= 15 is 0 Å². The second-order valence-electron chi connectivity index (χ2n) is 13.8. The lowest BCUT2D eigenvalue weighted by Crippen LogP contribution is -2.30. The van der Waals surface area contributed by atoms with Crippen molar-refractivity contribution in [2.75, 3.05) is 4.90 Å². The Morgan fingerprint density at radius 1 is 0.500 bits per heavy atom. The Morgan fingerprint density at radius 3 is 1.61 bits per heavy atom. The minimum atomic E-state index is -0.309. The molecule has 0 saturated heterocycles. The summed E-state index contributed by atoms with van der Waals surface area (Å²) < 4.78 is 2.17. The van der Waals surface area contributed by atoms with Gasteiger partial charge in [0.15, 0.2) is 0 Å². The second kappa shape index (κ2) is 9.78. The first kappa shape index (κ1) is 27.8. The molecule has 2 heterocycles. The molecule has 0 N–H and O–H groups in total. The summed E-state index contributed by atoms with van der Waals surface area (Å²) in [6, 6.07) is 36.4. The number of para-hydroxylation sites is 1. The molecule has 0 radical (unpaired) electrons. The number of aromatic nitrogens is 1. The molecular formula is C40H36N2O2. The Bertz CT molecular complexity index is 2050. The van der Waals surface area contributed by atoms with Crippen molar-refractivity contribution < 1.29 is 9.59 Å². The monoisotopic (exact) mass is 576 g/mol. The summed E-state index contributed by atoms with van der Waals surface area (Å²) in [5, 5.41) is 2.28. The van der Waals surface area contributed by atoms with Gasteiger partial charge in [-0.05, 0) is 70.0 Å².